The highest BCUT2D eigenvalue weighted by atomic mass is 16.1. The maximum absolute atomic E-state index is 11.7. The van der Waals surface area contributed by atoms with Crippen molar-refractivity contribution >= 4 is 12.0 Å². The Bertz CT molecular complexity index is 481. The Morgan fingerprint density at radius 2 is 2.06 bits per heavy atom. The second-order valence-electron chi connectivity index (χ2n) is 4.15. The molecule has 17 heavy (non-hydrogen) atoms. The quantitative estimate of drug-likeness (QED) is 0.638. The second kappa shape index (κ2) is 5.86. The number of aryl methyl sites for hydroxylation is 1. The Hall–Kier alpha value is -2.08. The van der Waals surface area contributed by atoms with E-state index in [0.717, 1.165) is 11.1 Å². The van der Waals surface area contributed by atoms with Gasteiger partial charge in [-0.15, -0.1) is 0 Å². The van der Waals surface area contributed by atoms with Crippen LogP contribution in [0.5, 0.6) is 0 Å². The lowest BCUT2D eigenvalue weighted by atomic mass is 10.1. The van der Waals surface area contributed by atoms with E-state index in [1.165, 1.54) is 0 Å². The fourth-order valence-electron chi connectivity index (χ4n) is 1.39. The van der Waals surface area contributed by atoms with E-state index in [0.29, 0.717) is 0 Å². The molecule has 0 fully saturated rings. The van der Waals surface area contributed by atoms with Gasteiger partial charge in [0.05, 0.1) is 0 Å². The predicted molar refractivity (Wildman–Crippen MR) is 68.0 cm³/mol. The van der Waals surface area contributed by atoms with Gasteiger partial charge in [-0.2, -0.15) is 5.26 Å². The van der Waals surface area contributed by atoms with Crippen LogP contribution in [0.25, 0.3) is 6.08 Å². The molecule has 0 spiro atoms. The lowest BCUT2D eigenvalue weighted by molar-refractivity contribution is -0.117. The van der Waals surface area contributed by atoms with Gasteiger partial charge in [-0.25, -0.2) is 0 Å². The molecule has 0 saturated carbocycles. The van der Waals surface area contributed by atoms with Crippen molar-refractivity contribution in [3.05, 3.63) is 41.0 Å². The van der Waals surface area contributed by atoms with Gasteiger partial charge in [0.25, 0.3) is 5.91 Å². The molecular formula is C14H16N2O. The molecule has 88 valence electrons. The van der Waals surface area contributed by atoms with Gasteiger partial charge >= 0.3 is 0 Å². The van der Waals surface area contributed by atoms with Crippen LogP contribution in [0.4, 0.5) is 0 Å². The van der Waals surface area contributed by atoms with Gasteiger partial charge in [-0.3, -0.25) is 4.79 Å². The first-order valence-electron chi connectivity index (χ1n) is 5.53. The molecule has 1 aromatic carbocycles. The average Bonchev–Trinajstić information content (AvgIpc) is 2.27. The SMILES string of the molecule is Cc1ccccc1/C=C(\C#N)C(=O)NC(C)C. The summed E-state index contributed by atoms with van der Waals surface area (Å²) in [5, 5.41) is 11.7. The summed E-state index contributed by atoms with van der Waals surface area (Å²) in [5.41, 5.74) is 2.06. The zero-order chi connectivity index (χ0) is 12.8. The Morgan fingerprint density at radius 3 is 2.59 bits per heavy atom. The molecule has 0 atom stereocenters. The molecular weight excluding hydrogens is 212 g/mol. The lowest BCUT2D eigenvalue weighted by Crippen LogP contribution is -2.30. The van der Waals surface area contributed by atoms with Crippen molar-refractivity contribution in [2.45, 2.75) is 26.8 Å². The maximum atomic E-state index is 11.7. The molecule has 3 heteroatoms. The van der Waals surface area contributed by atoms with Crippen molar-refractivity contribution in [1.82, 2.24) is 5.32 Å². The number of amides is 1. The van der Waals surface area contributed by atoms with E-state index in [4.69, 9.17) is 5.26 Å². The van der Waals surface area contributed by atoms with E-state index in [1.54, 1.807) is 6.08 Å². The van der Waals surface area contributed by atoms with Crippen LogP contribution in [0.15, 0.2) is 29.8 Å². The van der Waals surface area contributed by atoms with Crippen molar-refractivity contribution in [1.29, 1.82) is 5.26 Å². The first-order chi connectivity index (χ1) is 8.04. The zero-order valence-corrected chi connectivity index (χ0v) is 10.3. The fourth-order valence-corrected chi connectivity index (χ4v) is 1.39. The van der Waals surface area contributed by atoms with E-state index in [1.807, 2.05) is 51.1 Å². The van der Waals surface area contributed by atoms with Crippen molar-refractivity contribution in [2.75, 3.05) is 0 Å². The summed E-state index contributed by atoms with van der Waals surface area (Å²) in [6.07, 6.45) is 1.62. The van der Waals surface area contributed by atoms with Crippen molar-refractivity contribution in [3.8, 4) is 6.07 Å². The van der Waals surface area contributed by atoms with E-state index in [-0.39, 0.29) is 17.5 Å². The molecule has 0 aliphatic rings. The van der Waals surface area contributed by atoms with Gasteiger partial charge in [0, 0.05) is 6.04 Å². The van der Waals surface area contributed by atoms with Crippen LogP contribution in [0, 0.1) is 18.3 Å². The molecule has 1 amide bonds. The molecule has 0 aliphatic heterocycles. The molecule has 1 aromatic rings. The Labute approximate surface area is 102 Å². The topological polar surface area (TPSA) is 52.9 Å². The smallest absolute Gasteiger partial charge is 0.262 e. The highest BCUT2D eigenvalue weighted by molar-refractivity contribution is 6.01. The number of hydrogen-bond donors (Lipinski definition) is 1. The van der Waals surface area contributed by atoms with E-state index in [9.17, 15) is 4.79 Å². The summed E-state index contributed by atoms with van der Waals surface area (Å²) in [4.78, 5) is 11.7. The highest BCUT2D eigenvalue weighted by Crippen LogP contribution is 2.11. The lowest BCUT2D eigenvalue weighted by Gasteiger charge is -2.07. The minimum absolute atomic E-state index is 0.0242. The van der Waals surface area contributed by atoms with Gasteiger partial charge < -0.3 is 5.32 Å². The standard InChI is InChI=1S/C14H16N2O/c1-10(2)16-14(17)13(9-15)8-12-7-5-4-6-11(12)3/h4-8,10H,1-3H3,(H,16,17)/b13-8+. The van der Waals surface area contributed by atoms with Crippen LogP contribution >= 0.6 is 0 Å². The molecule has 0 unspecified atom stereocenters. The average molecular weight is 228 g/mol. The van der Waals surface area contributed by atoms with Gasteiger partial charge in [0.2, 0.25) is 0 Å². The number of carbonyl (C=O) groups is 1. The summed E-state index contributed by atoms with van der Waals surface area (Å²) in [5.74, 6) is -0.328. The third kappa shape index (κ3) is 3.76. The zero-order valence-electron chi connectivity index (χ0n) is 10.3. The molecule has 1 rings (SSSR count). The van der Waals surface area contributed by atoms with Crippen LogP contribution in [0.1, 0.15) is 25.0 Å². The minimum atomic E-state index is -0.328. The molecule has 0 saturated heterocycles. The number of nitrogens with one attached hydrogen (secondary N) is 1. The summed E-state index contributed by atoms with van der Waals surface area (Å²) >= 11 is 0. The predicted octanol–water partition coefficient (Wildman–Crippen LogP) is 2.43. The maximum Gasteiger partial charge on any atom is 0.262 e. The van der Waals surface area contributed by atoms with Gasteiger partial charge in [0.1, 0.15) is 11.6 Å². The second-order valence-corrected chi connectivity index (χ2v) is 4.15. The van der Waals surface area contributed by atoms with E-state index in [2.05, 4.69) is 5.32 Å². The summed E-state index contributed by atoms with van der Waals surface area (Å²) in [6, 6.07) is 9.59. The summed E-state index contributed by atoms with van der Waals surface area (Å²) in [6.45, 7) is 5.67. The summed E-state index contributed by atoms with van der Waals surface area (Å²) < 4.78 is 0. The first kappa shape index (κ1) is 13.0. The van der Waals surface area contributed by atoms with Gasteiger partial charge in [-0.1, -0.05) is 24.3 Å². The van der Waals surface area contributed by atoms with E-state index < -0.39 is 0 Å². The third-order valence-electron chi connectivity index (χ3n) is 2.27. The third-order valence-corrected chi connectivity index (χ3v) is 2.27. The van der Waals surface area contributed by atoms with Crippen LogP contribution in [-0.4, -0.2) is 11.9 Å². The molecule has 0 radical (unpaired) electrons. The number of benzene rings is 1. The van der Waals surface area contributed by atoms with Crippen LogP contribution in [-0.2, 0) is 4.79 Å². The number of rotatable bonds is 3. The Balaban J connectivity index is 3.00. The molecule has 3 nitrogen and oxygen atoms in total. The van der Waals surface area contributed by atoms with E-state index >= 15 is 0 Å². The first-order valence-corrected chi connectivity index (χ1v) is 5.53. The highest BCUT2D eigenvalue weighted by Gasteiger charge is 2.10. The van der Waals surface area contributed by atoms with Crippen molar-refractivity contribution in [2.24, 2.45) is 0 Å². The Morgan fingerprint density at radius 1 is 1.41 bits per heavy atom. The summed E-state index contributed by atoms with van der Waals surface area (Å²) in [7, 11) is 0. The number of nitrogens with zero attached hydrogens (tertiary/aromatic N) is 1. The van der Waals surface area contributed by atoms with Crippen LogP contribution in [0.3, 0.4) is 0 Å². The van der Waals surface area contributed by atoms with Crippen LogP contribution in [0.2, 0.25) is 0 Å². The Kier molecular flexibility index (Phi) is 4.47. The van der Waals surface area contributed by atoms with Gasteiger partial charge in [0.15, 0.2) is 0 Å². The number of hydrogen-bond acceptors (Lipinski definition) is 2. The normalized spacial score (nSPS) is 11.1. The largest absolute Gasteiger partial charge is 0.349 e. The molecule has 0 aromatic heterocycles. The monoisotopic (exact) mass is 228 g/mol. The molecule has 0 heterocycles. The fraction of sp³-hybridized carbons (Fsp3) is 0.286. The van der Waals surface area contributed by atoms with Gasteiger partial charge in [-0.05, 0) is 38.0 Å². The molecule has 1 N–H and O–H groups in total. The molecule has 0 aliphatic carbocycles. The van der Waals surface area contributed by atoms with Crippen molar-refractivity contribution < 1.29 is 4.79 Å². The minimum Gasteiger partial charge on any atom is -0.349 e. The molecule has 0 bridgehead atoms. The number of nitriles is 1. The van der Waals surface area contributed by atoms with Crippen molar-refractivity contribution in [3.63, 3.8) is 0 Å². The number of carbonyl (C=O) groups excluding carboxylic acids is 1. The van der Waals surface area contributed by atoms with Crippen LogP contribution < -0.4 is 5.32 Å².